The second kappa shape index (κ2) is 5.05. The Bertz CT molecular complexity index is 205. The van der Waals surface area contributed by atoms with Gasteiger partial charge in [-0.15, -0.1) is 0 Å². The molecule has 16 heavy (non-hydrogen) atoms. The third-order valence-corrected chi connectivity index (χ3v) is 4.37. The van der Waals surface area contributed by atoms with Gasteiger partial charge in [0.1, 0.15) is 0 Å². The first-order valence-corrected chi connectivity index (χ1v) is 7.28. The van der Waals surface area contributed by atoms with Crippen LogP contribution in [0.4, 0.5) is 0 Å². The van der Waals surface area contributed by atoms with Crippen molar-refractivity contribution in [2.24, 2.45) is 11.8 Å². The highest BCUT2D eigenvalue weighted by Crippen LogP contribution is 2.44. The lowest BCUT2D eigenvalue weighted by molar-refractivity contribution is 0.102. The molecule has 0 aromatic carbocycles. The molecule has 2 saturated carbocycles. The Balaban J connectivity index is 1.29. The van der Waals surface area contributed by atoms with Crippen LogP contribution in [-0.2, 0) is 4.74 Å². The molecule has 0 amide bonds. The van der Waals surface area contributed by atoms with Crippen molar-refractivity contribution in [3.63, 3.8) is 0 Å². The Morgan fingerprint density at radius 3 is 2.38 bits per heavy atom. The molecular weight excluding hydrogens is 198 g/mol. The van der Waals surface area contributed by atoms with Gasteiger partial charge in [0.15, 0.2) is 0 Å². The lowest BCUT2D eigenvalue weighted by atomic mass is 10.1. The average Bonchev–Trinajstić information content (AvgIpc) is 3.20. The summed E-state index contributed by atoms with van der Waals surface area (Å²) in [6.45, 7) is 2.22. The maximum Gasteiger partial charge on any atom is 0.0576 e. The van der Waals surface area contributed by atoms with Crippen LogP contribution < -0.4 is 5.32 Å². The van der Waals surface area contributed by atoms with Crippen LogP contribution in [0, 0.1) is 11.8 Å². The van der Waals surface area contributed by atoms with Gasteiger partial charge >= 0.3 is 0 Å². The van der Waals surface area contributed by atoms with Gasteiger partial charge in [-0.3, -0.25) is 0 Å². The molecule has 2 aliphatic carbocycles. The van der Waals surface area contributed by atoms with Gasteiger partial charge in [0.2, 0.25) is 0 Å². The van der Waals surface area contributed by atoms with Crippen molar-refractivity contribution in [1.29, 1.82) is 0 Å². The van der Waals surface area contributed by atoms with Crippen molar-refractivity contribution in [2.75, 3.05) is 13.2 Å². The molecule has 1 N–H and O–H groups in total. The number of ether oxygens (including phenoxy) is 1. The van der Waals surface area contributed by atoms with Gasteiger partial charge in [0.05, 0.1) is 6.10 Å². The minimum Gasteiger partial charge on any atom is -0.378 e. The van der Waals surface area contributed by atoms with Crippen LogP contribution in [0.15, 0.2) is 0 Å². The third-order valence-electron chi connectivity index (χ3n) is 4.37. The molecule has 0 spiro atoms. The van der Waals surface area contributed by atoms with Gasteiger partial charge in [-0.25, -0.2) is 0 Å². The summed E-state index contributed by atoms with van der Waals surface area (Å²) in [6.07, 6.45) is 11.7. The normalized spacial score (nSPS) is 30.2. The molecule has 1 saturated heterocycles. The van der Waals surface area contributed by atoms with E-state index in [0.29, 0.717) is 6.10 Å². The van der Waals surface area contributed by atoms with E-state index in [0.717, 1.165) is 24.5 Å². The molecule has 1 atom stereocenters. The van der Waals surface area contributed by atoms with Crippen molar-refractivity contribution in [2.45, 2.75) is 63.5 Å². The largest absolute Gasteiger partial charge is 0.378 e. The van der Waals surface area contributed by atoms with Gasteiger partial charge in [0, 0.05) is 12.6 Å². The van der Waals surface area contributed by atoms with E-state index >= 15 is 0 Å². The lowest BCUT2D eigenvalue weighted by Gasteiger charge is -2.18. The zero-order chi connectivity index (χ0) is 10.8. The first kappa shape index (κ1) is 11.0. The summed E-state index contributed by atoms with van der Waals surface area (Å²) in [6, 6.07) is 0.879. The maximum atomic E-state index is 5.65. The van der Waals surface area contributed by atoms with Gasteiger partial charge in [-0.05, 0) is 69.7 Å². The van der Waals surface area contributed by atoms with Crippen molar-refractivity contribution in [1.82, 2.24) is 5.32 Å². The molecule has 1 heterocycles. The van der Waals surface area contributed by atoms with Crippen LogP contribution in [0.2, 0.25) is 0 Å². The second-order valence-corrected chi connectivity index (χ2v) is 5.93. The molecule has 1 aliphatic heterocycles. The van der Waals surface area contributed by atoms with Crippen LogP contribution in [0.5, 0.6) is 0 Å². The minimum absolute atomic E-state index is 0.585. The van der Waals surface area contributed by atoms with Gasteiger partial charge in [-0.1, -0.05) is 0 Å². The highest BCUT2D eigenvalue weighted by Gasteiger charge is 2.40. The van der Waals surface area contributed by atoms with Crippen LogP contribution >= 0.6 is 0 Å². The van der Waals surface area contributed by atoms with Gasteiger partial charge in [0.25, 0.3) is 0 Å². The van der Waals surface area contributed by atoms with Crippen LogP contribution in [-0.4, -0.2) is 25.3 Å². The summed E-state index contributed by atoms with van der Waals surface area (Å²) in [5, 5.41) is 3.81. The zero-order valence-electron chi connectivity index (χ0n) is 10.3. The monoisotopic (exact) mass is 223 g/mol. The first-order valence-electron chi connectivity index (χ1n) is 7.28. The molecule has 3 rings (SSSR count). The summed E-state index contributed by atoms with van der Waals surface area (Å²) in [4.78, 5) is 0. The molecule has 1 unspecified atom stereocenters. The first-order chi connectivity index (χ1) is 7.93. The Hall–Kier alpha value is -0.0800. The van der Waals surface area contributed by atoms with Crippen LogP contribution in [0.3, 0.4) is 0 Å². The smallest absolute Gasteiger partial charge is 0.0576 e. The van der Waals surface area contributed by atoms with Crippen LogP contribution in [0.1, 0.15) is 51.4 Å². The molecule has 0 radical (unpaired) electrons. The predicted molar refractivity (Wildman–Crippen MR) is 65.4 cm³/mol. The van der Waals surface area contributed by atoms with E-state index in [2.05, 4.69) is 5.32 Å². The second-order valence-electron chi connectivity index (χ2n) is 5.93. The van der Waals surface area contributed by atoms with Crippen molar-refractivity contribution in [3.8, 4) is 0 Å². The SMILES string of the molecule is C(CNC(C1CC1)C1CC1)CC1CCCO1. The number of nitrogens with one attached hydrogen (secondary N) is 1. The highest BCUT2D eigenvalue weighted by atomic mass is 16.5. The number of hydrogen-bond acceptors (Lipinski definition) is 2. The highest BCUT2D eigenvalue weighted by molar-refractivity contribution is 4.96. The molecule has 0 bridgehead atoms. The maximum absolute atomic E-state index is 5.65. The van der Waals surface area contributed by atoms with E-state index in [1.54, 1.807) is 0 Å². The fourth-order valence-corrected chi connectivity index (χ4v) is 3.10. The summed E-state index contributed by atoms with van der Waals surface area (Å²) >= 11 is 0. The summed E-state index contributed by atoms with van der Waals surface area (Å²) in [7, 11) is 0. The number of rotatable bonds is 7. The molecule has 2 nitrogen and oxygen atoms in total. The summed E-state index contributed by atoms with van der Waals surface area (Å²) in [5.41, 5.74) is 0. The van der Waals surface area contributed by atoms with E-state index in [1.807, 2.05) is 0 Å². The van der Waals surface area contributed by atoms with Crippen molar-refractivity contribution in [3.05, 3.63) is 0 Å². The summed E-state index contributed by atoms with van der Waals surface area (Å²) in [5.74, 6) is 2.07. The molecule has 0 aromatic heterocycles. The average molecular weight is 223 g/mol. The fraction of sp³-hybridized carbons (Fsp3) is 1.00. The van der Waals surface area contributed by atoms with E-state index in [4.69, 9.17) is 4.74 Å². The Kier molecular flexibility index (Phi) is 3.49. The van der Waals surface area contributed by atoms with E-state index in [1.165, 1.54) is 57.9 Å². The third kappa shape index (κ3) is 2.98. The van der Waals surface area contributed by atoms with E-state index < -0.39 is 0 Å². The lowest BCUT2D eigenvalue weighted by Crippen LogP contribution is -2.34. The standard InChI is InChI=1S/C14H25NO/c1(3-13-4-2-10-16-13)9-15-14(11-5-6-11)12-7-8-12/h11-15H,1-10H2. The Morgan fingerprint density at radius 2 is 1.81 bits per heavy atom. The van der Waals surface area contributed by atoms with Gasteiger partial charge in [-0.2, -0.15) is 0 Å². The summed E-state index contributed by atoms with van der Waals surface area (Å²) < 4.78 is 5.65. The fourth-order valence-electron chi connectivity index (χ4n) is 3.10. The molecule has 2 heteroatoms. The van der Waals surface area contributed by atoms with Crippen LogP contribution in [0.25, 0.3) is 0 Å². The minimum atomic E-state index is 0.585. The quantitative estimate of drug-likeness (QED) is 0.670. The molecule has 3 fully saturated rings. The number of hydrogen-bond donors (Lipinski definition) is 1. The van der Waals surface area contributed by atoms with E-state index in [-0.39, 0.29) is 0 Å². The van der Waals surface area contributed by atoms with Crippen molar-refractivity contribution >= 4 is 0 Å². The van der Waals surface area contributed by atoms with Gasteiger partial charge < -0.3 is 10.1 Å². The zero-order valence-corrected chi connectivity index (χ0v) is 10.3. The molecule has 92 valence electrons. The topological polar surface area (TPSA) is 21.3 Å². The van der Waals surface area contributed by atoms with Crippen molar-refractivity contribution < 1.29 is 4.74 Å². The predicted octanol–water partition coefficient (Wildman–Crippen LogP) is 2.72. The molecule has 0 aromatic rings. The molecular formula is C14H25NO. The Morgan fingerprint density at radius 1 is 1.06 bits per heavy atom. The Labute approximate surface area is 99.1 Å². The molecule has 3 aliphatic rings. The van der Waals surface area contributed by atoms with E-state index in [9.17, 15) is 0 Å².